The molecule has 3 aliphatic rings. The lowest BCUT2D eigenvalue weighted by Gasteiger charge is -2.49. The lowest BCUT2D eigenvalue weighted by atomic mass is 10.0. The van der Waals surface area contributed by atoms with Gasteiger partial charge in [0.25, 0.3) is 0 Å². The summed E-state index contributed by atoms with van der Waals surface area (Å²) in [5, 5.41) is 3.20. The van der Waals surface area contributed by atoms with E-state index >= 15 is 0 Å². The predicted octanol–water partition coefficient (Wildman–Crippen LogP) is 4.35. The highest BCUT2D eigenvalue weighted by atomic mass is 35.5. The van der Waals surface area contributed by atoms with Gasteiger partial charge in [-0.3, -0.25) is 14.5 Å². The van der Waals surface area contributed by atoms with Crippen LogP contribution in [-0.4, -0.2) is 66.6 Å². The third kappa shape index (κ3) is 6.50. The number of ether oxygens (including phenoxy) is 2. The molecule has 2 aromatic carbocycles. The number of fused-ring (bicyclic) bond motifs is 2. The quantitative estimate of drug-likeness (QED) is 0.517. The predicted molar refractivity (Wildman–Crippen MR) is 140 cm³/mol. The number of hydrogen-bond donors (Lipinski definition) is 1. The molecule has 2 heterocycles. The van der Waals surface area contributed by atoms with Gasteiger partial charge < -0.3 is 19.7 Å². The maximum absolute atomic E-state index is 13.4. The monoisotopic (exact) mass is 527 g/mol. The van der Waals surface area contributed by atoms with Crippen LogP contribution in [0.15, 0.2) is 42.5 Å². The van der Waals surface area contributed by atoms with E-state index < -0.39 is 0 Å². The van der Waals surface area contributed by atoms with E-state index in [0.29, 0.717) is 67.4 Å². The summed E-state index contributed by atoms with van der Waals surface area (Å²) >= 11 is 6.40. The fourth-order valence-corrected chi connectivity index (χ4v) is 5.16. The van der Waals surface area contributed by atoms with Crippen LogP contribution in [0.2, 0.25) is 5.02 Å². The summed E-state index contributed by atoms with van der Waals surface area (Å²) in [6.07, 6.45) is 5.56. The molecule has 0 spiro atoms. The minimum atomic E-state index is -0.250. The molecule has 2 saturated heterocycles. The zero-order valence-corrected chi connectivity index (χ0v) is 21.5. The highest BCUT2D eigenvalue weighted by molar-refractivity contribution is 6.32. The Hall–Kier alpha value is -2.94. The molecular weight excluding hydrogens is 497 g/mol. The molecule has 0 aromatic heterocycles. The fourth-order valence-electron chi connectivity index (χ4n) is 4.94. The van der Waals surface area contributed by atoms with Gasteiger partial charge >= 0.3 is 0 Å². The van der Waals surface area contributed by atoms with Gasteiger partial charge in [-0.05, 0) is 54.7 Å². The Labute approximate surface area is 221 Å². The molecule has 7 nitrogen and oxygen atoms in total. The number of benzene rings is 2. The Balaban J connectivity index is 1.30. The van der Waals surface area contributed by atoms with Gasteiger partial charge in [-0.1, -0.05) is 23.7 Å². The molecule has 0 radical (unpaired) electrons. The molecule has 2 amide bonds. The maximum atomic E-state index is 13.4. The minimum Gasteiger partial charge on any atom is -0.492 e. The number of morpholine rings is 1. The molecule has 2 aliphatic heterocycles. The summed E-state index contributed by atoms with van der Waals surface area (Å²) in [5.41, 5.74) is 2.20. The zero-order chi connectivity index (χ0) is 25.9. The van der Waals surface area contributed by atoms with E-state index in [1.807, 2.05) is 4.90 Å². The topological polar surface area (TPSA) is 71.1 Å². The molecule has 1 N–H and O–H groups in total. The van der Waals surface area contributed by atoms with Crippen LogP contribution in [0.3, 0.4) is 0 Å². The minimum absolute atomic E-state index is 0.0810. The van der Waals surface area contributed by atoms with Gasteiger partial charge in [0.1, 0.15) is 11.6 Å². The number of nitrogens with one attached hydrogen (secondary N) is 1. The van der Waals surface area contributed by atoms with Crippen molar-refractivity contribution < 1.29 is 23.5 Å². The third-order valence-electron chi connectivity index (χ3n) is 6.91. The Morgan fingerprint density at radius 3 is 2.51 bits per heavy atom. The van der Waals surface area contributed by atoms with Gasteiger partial charge in [-0.25, -0.2) is 4.39 Å². The average molecular weight is 528 g/mol. The summed E-state index contributed by atoms with van der Waals surface area (Å²) < 4.78 is 24.9. The van der Waals surface area contributed by atoms with Crippen molar-refractivity contribution in [3.63, 3.8) is 0 Å². The second kappa shape index (κ2) is 11.2. The Morgan fingerprint density at radius 1 is 1.16 bits per heavy atom. The number of nitrogens with zero attached hydrogens (tertiary/aromatic N) is 2. The summed E-state index contributed by atoms with van der Waals surface area (Å²) in [5.74, 6) is 0.515. The van der Waals surface area contributed by atoms with E-state index in [9.17, 15) is 14.0 Å². The molecule has 1 aliphatic carbocycles. The summed E-state index contributed by atoms with van der Waals surface area (Å²) in [7, 11) is 0. The molecule has 1 saturated carbocycles. The number of anilines is 1. The molecule has 9 heteroatoms. The Morgan fingerprint density at radius 2 is 1.86 bits per heavy atom. The van der Waals surface area contributed by atoms with Crippen LogP contribution >= 0.6 is 11.6 Å². The first kappa shape index (κ1) is 25.7. The van der Waals surface area contributed by atoms with Crippen molar-refractivity contribution >= 4 is 35.2 Å². The third-order valence-corrected chi connectivity index (χ3v) is 7.21. The summed E-state index contributed by atoms with van der Waals surface area (Å²) in [6, 6.07) is 9.80. The molecular formula is C28H31ClFN3O4. The van der Waals surface area contributed by atoms with Crippen molar-refractivity contribution in [2.24, 2.45) is 5.92 Å². The van der Waals surface area contributed by atoms with Crippen molar-refractivity contribution in [3.05, 3.63) is 64.4 Å². The average Bonchev–Trinajstić information content (AvgIpc) is 3.68. The Bertz CT molecular complexity index is 1170. The van der Waals surface area contributed by atoms with Crippen molar-refractivity contribution in [2.45, 2.75) is 38.4 Å². The molecule has 2 unspecified atom stereocenters. The fraction of sp³-hybridized carbons (Fsp3) is 0.429. The van der Waals surface area contributed by atoms with Gasteiger partial charge in [0, 0.05) is 43.9 Å². The smallest absolute Gasteiger partial charge is 0.247 e. The zero-order valence-electron chi connectivity index (χ0n) is 20.8. The van der Waals surface area contributed by atoms with Crippen LogP contribution < -0.4 is 10.1 Å². The normalized spacial score (nSPS) is 21.8. The highest BCUT2D eigenvalue weighted by Crippen LogP contribution is 2.35. The highest BCUT2D eigenvalue weighted by Gasteiger charge is 2.40. The Kier molecular flexibility index (Phi) is 7.79. The lowest BCUT2D eigenvalue weighted by molar-refractivity contribution is -0.150. The number of piperazine rings is 1. The summed E-state index contributed by atoms with van der Waals surface area (Å²) in [6.45, 7) is 5.00. The van der Waals surface area contributed by atoms with E-state index in [1.165, 1.54) is 19.1 Å². The SMILES string of the molecule is CC(=O)Nc1cc(Cl)c(OCC2CC2)cc1C=CC(=O)N1C2COCC1CN(Cc1ccc(F)cc1)C2. The summed E-state index contributed by atoms with van der Waals surface area (Å²) in [4.78, 5) is 29.3. The molecule has 3 fully saturated rings. The van der Waals surface area contributed by atoms with Crippen molar-refractivity contribution in [1.29, 1.82) is 0 Å². The van der Waals surface area contributed by atoms with Crippen molar-refractivity contribution in [1.82, 2.24) is 9.80 Å². The van der Waals surface area contributed by atoms with Crippen molar-refractivity contribution in [2.75, 3.05) is 38.2 Å². The molecule has 2 bridgehead atoms. The van der Waals surface area contributed by atoms with Crippen LogP contribution in [0.5, 0.6) is 5.75 Å². The second-order valence-electron chi connectivity index (χ2n) is 10.0. The van der Waals surface area contributed by atoms with Crippen LogP contribution in [0, 0.1) is 11.7 Å². The van der Waals surface area contributed by atoms with E-state index in [0.717, 1.165) is 18.4 Å². The first-order valence-electron chi connectivity index (χ1n) is 12.6. The number of halogens is 2. The second-order valence-corrected chi connectivity index (χ2v) is 10.5. The van der Waals surface area contributed by atoms with E-state index in [2.05, 4.69) is 10.2 Å². The molecule has 196 valence electrons. The van der Waals surface area contributed by atoms with Gasteiger partial charge in [0.05, 0.1) is 36.9 Å². The van der Waals surface area contributed by atoms with Crippen LogP contribution in [0.25, 0.3) is 6.08 Å². The first-order valence-corrected chi connectivity index (χ1v) is 13.0. The number of carbonyl (C=O) groups is 2. The number of hydrogen-bond acceptors (Lipinski definition) is 5. The number of carbonyl (C=O) groups excluding carboxylic acids is 2. The first-order chi connectivity index (χ1) is 17.9. The van der Waals surface area contributed by atoms with E-state index in [-0.39, 0.29) is 29.7 Å². The van der Waals surface area contributed by atoms with Crippen molar-refractivity contribution in [3.8, 4) is 5.75 Å². The lowest BCUT2D eigenvalue weighted by Crippen LogP contribution is -2.65. The number of rotatable bonds is 8. The molecule has 5 rings (SSSR count). The van der Waals surface area contributed by atoms with E-state index in [1.54, 1.807) is 36.4 Å². The van der Waals surface area contributed by atoms with Crippen LogP contribution in [0.4, 0.5) is 10.1 Å². The molecule has 2 atom stereocenters. The van der Waals surface area contributed by atoms with Crippen LogP contribution in [-0.2, 0) is 20.9 Å². The molecule has 37 heavy (non-hydrogen) atoms. The number of amides is 2. The maximum Gasteiger partial charge on any atom is 0.247 e. The van der Waals surface area contributed by atoms with Gasteiger partial charge in [0.15, 0.2) is 0 Å². The largest absolute Gasteiger partial charge is 0.492 e. The van der Waals surface area contributed by atoms with Gasteiger partial charge in [0.2, 0.25) is 11.8 Å². The van der Waals surface area contributed by atoms with E-state index in [4.69, 9.17) is 21.1 Å². The van der Waals surface area contributed by atoms with Gasteiger partial charge in [-0.15, -0.1) is 0 Å². The molecule has 2 aromatic rings. The standard InChI is InChI=1S/C28H31ClFN3O4/c1-18(34)31-26-11-25(29)27(37-15-20-2-3-20)10-21(26)6-9-28(35)33-23-13-32(14-24(33)17-36-16-23)12-19-4-7-22(30)8-5-19/h4-11,20,23-24H,2-3,12-17H2,1H3,(H,31,34). The van der Waals surface area contributed by atoms with Gasteiger partial charge in [-0.2, -0.15) is 0 Å². The van der Waals surface area contributed by atoms with Crippen LogP contribution in [0.1, 0.15) is 30.9 Å².